The smallest absolute Gasteiger partial charge is 0.251 e. The van der Waals surface area contributed by atoms with E-state index in [0.717, 1.165) is 44.1 Å². The highest BCUT2D eigenvalue weighted by atomic mass is 32.1. The summed E-state index contributed by atoms with van der Waals surface area (Å²) in [5.74, 6) is -0.389. The van der Waals surface area contributed by atoms with Gasteiger partial charge in [-0.3, -0.25) is 9.59 Å². The number of carbonyl (C=O) groups is 2. The van der Waals surface area contributed by atoms with Crippen LogP contribution < -0.4 is 16.4 Å². The summed E-state index contributed by atoms with van der Waals surface area (Å²) in [6, 6.07) is 0. The molecule has 112 valence electrons. The van der Waals surface area contributed by atoms with Gasteiger partial charge in [0.1, 0.15) is 5.00 Å². The van der Waals surface area contributed by atoms with Crippen molar-refractivity contribution in [2.75, 3.05) is 5.32 Å². The molecule has 1 fully saturated rings. The van der Waals surface area contributed by atoms with E-state index in [1.54, 1.807) is 0 Å². The van der Waals surface area contributed by atoms with E-state index in [1.807, 2.05) is 0 Å². The molecule has 3 rings (SSSR count). The number of anilines is 1. The second-order valence-corrected chi connectivity index (χ2v) is 7.01. The summed E-state index contributed by atoms with van der Waals surface area (Å²) in [6.07, 6.45) is 5.92. The number of primary amides is 1. The lowest BCUT2D eigenvalue weighted by Crippen LogP contribution is -2.35. The lowest BCUT2D eigenvalue weighted by atomic mass is 9.95. The fraction of sp³-hybridized carbons (Fsp3) is 0.500. The molecule has 0 unspecified atom stereocenters. The minimum Gasteiger partial charge on any atom is -0.365 e. The maximum atomic E-state index is 11.7. The van der Waals surface area contributed by atoms with Crippen molar-refractivity contribution in [1.82, 2.24) is 5.32 Å². The van der Waals surface area contributed by atoms with Crippen LogP contribution >= 0.6 is 23.6 Å². The number of nitrogens with two attached hydrogens (primary N) is 1. The minimum absolute atomic E-state index is 0.0468. The average molecular weight is 323 g/mol. The zero-order chi connectivity index (χ0) is 15.0. The largest absolute Gasteiger partial charge is 0.365 e. The number of rotatable bonds is 3. The molecule has 1 heterocycles. The van der Waals surface area contributed by atoms with Gasteiger partial charge in [-0.1, -0.05) is 0 Å². The number of thiophene rings is 1. The topological polar surface area (TPSA) is 84.2 Å². The zero-order valence-corrected chi connectivity index (χ0v) is 13.2. The third-order valence-electron chi connectivity index (χ3n) is 3.83. The number of aryl methyl sites for hydroxylation is 1. The summed E-state index contributed by atoms with van der Waals surface area (Å²) >= 11 is 6.68. The normalized spacial score (nSPS) is 17.0. The Morgan fingerprint density at radius 2 is 1.95 bits per heavy atom. The monoisotopic (exact) mass is 323 g/mol. The maximum Gasteiger partial charge on any atom is 0.251 e. The Bertz CT molecular complexity index is 620. The Morgan fingerprint density at radius 1 is 1.24 bits per heavy atom. The number of carbonyl (C=O) groups excluding carboxylic acids is 2. The molecule has 0 aliphatic heterocycles. The molecule has 1 saturated carbocycles. The summed E-state index contributed by atoms with van der Waals surface area (Å²) in [7, 11) is 0. The van der Waals surface area contributed by atoms with E-state index in [0.29, 0.717) is 10.6 Å². The molecule has 0 saturated heterocycles. The second-order valence-electron chi connectivity index (χ2n) is 5.50. The van der Waals surface area contributed by atoms with Gasteiger partial charge in [-0.25, -0.2) is 0 Å². The van der Waals surface area contributed by atoms with Gasteiger partial charge in [0, 0.05) is 10.8 Å². The molecular formula is C14H17N3O2S2. The van der Waals surface area contributed by atoms with E-state index in [1.165, 1.54) is 16.2 Å². The molecule has 2 aliphatic carbocycles. The van der Waals surface area contributed by atoms with E-state index < -0.39 is 5.91 Å². The van der Waals surface area contributed by atoms with Crippen LogP contribution in [0, 0.1) is 5.92 Å². The number of hydrogen-bond donors (Lipinski definition) is 3. The van der Waals surface area contributed by atoms with Crippen LogP contribution in [0.4, 0.5) is 5.00 Å². The molecule has 0 atom stereocenters. The van der Waals surface area contributed by atoms with Crippen molar-refractivity contribution in [3.8, 4) is 0 Å². The summed E-state index contributed by atoms with van der Waals surface area (Å²) in [5.41, 5.74) is 7.11. The fourth-order valence-electron chi connectivity index (χ4n) is 2.61. The first-order chi connectivity index (χ1) is 10.1. The van der Waals surface area contributed by atoms with Gasteiger partial charge in [0.25, 0.3) is 5.91 Å². The molecule has 0 radical (unpaired) electrons. The highest BCUT2D eigenvalue weighted by Crippen LogP contribution is 2.37. The van der Waals surface area contributed by atoms with E-state index in [2.05, 4.69) is 10.6 Å². The van der Waals surface area contributed by atoms with Gasteiger partial charge in [-0.15, -0.1) is 11.3 Å². The van der Waals surface area contributed by atoms with Gasteiger partial charge in [0.2, 0.25) is 5.91 Å². The molecule has 2 amide bonds. The molecule has 5 nitrogen and oxygen atoms in total. The average Bonchev–Trinajstić information content (AvgIpc) is 3.20. The highest BCUT2D eigenvalue weighted by Gasteiger charge is 2.30. The second kappa shape index (κ2) is 5.73. The SMILES string of the molecule is NC(=O)c1c(NC(=S)NC(=O)C2CC2)sc2c1CCCC2. The summed E-state index contributed by atoms with van der Waals surface area (Å²) in [4.78, 5) is 24.6. The molecule has 1 aromatic heterocycles. The van der Waals surface area contributed by atoms with Crippen LogP contribution in [0.25, 0.3) is 0 Å². The van der Waals surface area contributed by atoms with E-state index in [4.69, 9.17) is 18.0 Å². The Morgan fingerprint density at radius 3 is 2.62 bits per heavy atom. The molecule has 0 aromatic carbocycles. The number of fused-ring (bicyclic) bond motifs is 1. The lowest BCUT2D eigenvalue weighted by Gasteiger charge is -2.11. The Labute approximate surface area is 132 Å². The van der Waals surface area contributed by atoms with Crippen LogP contribution in [-0.4, -0.2) is 16.9 Å². The molecule has 4 N–H and O–H groups in total. The summed E-state index contributed by atoms with van der Waals surface area (Å²) in [5, 5.41) is 6.56. The quantitative estimate of drug-likeness (QED) is 0.742. The van der Waals surface area contributed by atoms with Crippen molar-refractivity contribution in [3.05, 3.63) is 16.0 Å². The maximum absolute atomic E-state index is 11.7. The van der Waals surface area contributed by atoms with Crippen molar-refractivity contribution in [2.24, 2.45) is 11.7 Å². The van der Waals surface area contributed by atoms with Crippen LogP contribution in [0.15, 0.2) is 0 Å². The molecule has 21 heavy (non-hydrogen) atoms. The molecular weight excluding hydrogens is 306 g/mol. The molecule has 2 aliphatic rings. The van der Waals surface area contributed by atoms with Gasteiger partial charge in [0.05, 0.1) is 5.56 Å². The Balaban J connectivity index is 1.77. The van der Waals surface area contributed by atoms with Crippen LogP contribution in [0.1, 0.15) is 46.5 Å². The number of amides is 2. The van der Waals surface area contributed by atoms with Crippen molar-refractivity contribution in [1.29, 1.82) is 0 Å². The molecule has 7 heteroatoms. The molecule has 0 bridgehead atoms. The third kappa shape index (κ3) is 3.08. The van der Waals surface area contributed by atoms with E-state index in [-0.39, 0.29) is 16.9 Å². The number of hydrogen-bond acceptors (Lipinski definition) is 4. The predicted octanol–water partition coefficient (Wildman–Crippen LogP) is 1.95. The summed E-state index contributed by atoms with van der Waals surface area (Å²) in [6.45, 7) is 0. The molecule has 1 aromatic rings. The van der Waals surface area contributed by atoms with E-state index >= 15 is 0 Å². The fourth-order valence-corrected chi connectivity index (χ4v) is 4.17. The Hall–Kier alpha value is -1.47. The Kier molecular flexibility index (Phi) is 3.95. The zero-order valence-electron chi connectivity index (χ0n) is 11.5. The van der Waals surface area contributed by atoms with Gasteiger partial charge >= 0.3 is 0 Å². The van der Waals surface area contributed by atoms with Crippen molar-refractivity contribution < 1.29 is 9.59 Å². The van der Waals surface area contributed by atoms with Crippen LogP contribution in [0.2, 0.25) is 0 Å². The van der Waals surface area contributed by atoms with Crippen LogP contribution in [-0.2, 0) is 17.6 Å². The first-order valence-corrected chi connectivity index (χ1v) is 8.35. The van der Waals surface area contributed by atoms with Gasteiger partial charge in [-0.05, 0) is 56.3 Å². The lowest BCUT2D eigenvalue weighted by molar-refractivity contribution is -0.120. The van der Waals surface area contributed by atoms with E-state index in [9.17, 15) is 9.59 Å². The standard InChI is InChI=1S/C14H17N3O2S2/c15-11(18)10-8-3-1-2-4-9(8)21-13(10)17-14(20)16-12(19)7-5-6-7/h7H,1-6H2,(H2,15,18)(H2,16,17,19,20). The summed E-state index contributed by atoms with van der Waals surface area (Å²) < 4.78 is 0. The first kappa shape index (κ1) is 14.5. The van der Waals surface area contributed by atoms with Gasteiger partial charge in [0.15, 0.2) is 5.11 Å². The highest BCUT2D eigenvalue weighted by molar-refractivity contribution is 7.80. The number of thiocarbonyl (C=S) groups is 1. The van der Waals surface area contributed by atoms with Crippen LogP contribution in [0.3, 0.4) is 0 Å². The third-order valence-corrected chi connectivity index (χ3v) is 5.24. The van der Waals surface area contributed by atoms with Crippen molar-refractivity contribution in [3.63, 3.8) is 0 Å². The van der Waals surface area contributed by atoms with Crippen molar-refractivity contribution >= 4 is 45.5 Å². The van der Waals surface area contributed by atoms with Crippen molar-refractivity contribution in [2.45, 2.75) is 38.5 Å². The van der Waals surface area contributed by atoms with Gasteiger partial charge < -0.3 is 16.4 Å². The number of nitrogens with one attached hydrogen (secondary N) is 2. The minimum atomic E-state index is -0.437. The van der Waals surface area contributed by atoms with Crippen LogP contribution in [0.5, 0.6) is 0 Å². The first-order valence-electron chi connectivity index (χ1n) is 7.12. The molecule has 0 spiro atoms. The predicted molar refractivity (Wildman–Crippen MR) is 86.6 cm³/mol. The van der Waals surface area contributed by atoms with Gasteiger partial charge in [-0.2, -0.15) is 0 Å².